The van der Waals surface area contributed by atoms with Crippen LogP contribution in [0.25, 0.3) is 17.3 Å². The average molecular weight is 384 g/mol. The van der Waals surface area contributed by atoms with E-state index in [2.05, 4.69) is 22.3 Å². The van der Waals surface area contributed by atoms with Gasteiger partial charge in [0.05, 0.1) is 6.20 Å². The third-order valence-corrected chi connectivity index (χ3v) is 4.14. The summed E-state index contributed by atoms with van der Waals surface area (Å²) in [5.41, 5.74) is 3.99. The predicted molar refractivity (Wildman–Crippen MR) is 114 cm³/mol. The van der Waals surface area contributed by atoms with Gasteiger partial charge in [-0.25, -0.2) is 13.5 Å². The highest BCUT2D eigenvalue weighted by molar-refractivity contribution is 6.06. The van der Waals surface area contributed by atoms with Gasteiger partial charge < -0.3 is 10.6 Å². The van der Waals surface area contributed by atoms with Crippen LogP contribution in [0.4, 0.5) is 14.5 Å². The fourth-order valence-corrected chi connectivity index (χ4v) is 2.80. The number of allylic oxidation sites excluding steroid dienone is 5. The number of aromatic nitrogens is 2. The van der Waals surface area contributed by atoms with Crippen LogP contribution in [0.15, 0.2) is 55.4 Å². The van der Waals surface area contributed by atoms with Gasteiger partial charge in [-0.3, -0.25) is 0 Å². The first-order valence-electron chi connectivity index (χ1n) is 9.00. The normalized spacial score (nSPS) is 13.3. The Morgan fingerprint density at radius 3 is 2.68 bits per heavy atom. The van der Waals surface area contributed by atoms with Crippen LogP contribution >= 0.6 is 0 Å². The van der Waals surface area contributed by atoms with E-state index in [4.69, 9.17) is 0 Å². The van der Waals surface area contributed by atoms with Crippen LogP contribution in [0.5, 0.6) is 0 Å². The molecule has 148 valence electrons. The monoisotopic (exact) mass is 384 g/mol. The Kier molecular flexibility index (Phi) is 7.32. The molecular formula is C22H26F2N4. The quantitative estimate of drug-likeness (QED) is 0.474. The molecule has 0 bridgehead atoms. The van der Waals surface area contributed by atoms with Gasteiger partial charge in [0.15, 0.2) is 6.30 Å². The van der Waals surface area contributed by atoms with Crippen molar-refractivity contribution in [3.8, 4) is 0 Å². The van der Waals surface area contributed by atoms with E-state index in [0.29, 0.717) is 16.8 Å². The number of halogens is 2. The number of anilines is 1. The molecule has 0 fully saturated rings. The lowest BCUT2D eigenvalue weighted by molar-refractivity contribution is 0.402. The smallest absolute Gasteiger partial charge is 0.167 e. The van der Waals surface area contributed by atoms with E-state index in [0.717, 1.165) is 16.8 Å². The first kappa shape index (κ1) is 21.2. The van der Waals surface area contributed by atoms with Crippen LogP contribution in [-0.4, -0.2) is 23.1 Å². The third-order valence-electron chi connectivity index (χ3n) is 4.14. The molecule has 6 heteroatoms. The van der Waals surface area contributed by atoms with Crippen molar-refractivity contribution in [2.75, 3.05) is 12.4 Å². The van der Waals surface area contributed by atoms with Gasteiger partial charge in [-0.15, -0.1) is 0 Å². The number of hydrogen-bond acceptors (Lipinski definition) is 3. The molecule has 0 saturated heterocycles. The van der Waals surface area contributed by atoms with Crippen molar-refractivity contribution in [1.82, 2.24) is 15.1 Å². The Balaban J connectivity index is 2.50. The largest absolute Gasteiger partial charge is 0.393 e. The van der Waals surface area contributed by atoms with Gasteiger partial charge in [-0.05, 0) is 50.6 Å². The molecule has 0 aliphatic heterocycles. The second kappa shape index (κ2) is 9.69. The van der Waals surface area contributed by atoms with Gasteiger partial charge >= 0.3 is 0 Å². The minimum atomic E-state index is -1.28. The minimum Gasteiger partial charge on any atom is -0.393 e. The number of alkyl halides is 1. The van der Waals surface area contributed by atoms with E-state index in [1.165, 1.54) is 25.1 Å². The summed E-state index contributed by atoms with van der Waals surface area (Å²) in [5.74, 6) is -0.418. The molecule has 0 aliphatic rings. The first-order chi connectivity index (χ1) is 13.4. The van der Waals surface area contributed by atoms with Crippen LogP contribution in [-0.2, 0) is 0 Å². The summed E-state index contributed by atoms with van der Waals surface area (Å²) in [6.45, 7) is 9.41. The number of nitrogens with one attached hydrogen (secondary N) is 2. The molecule has 0 aliphatic carbocycles. The van der Waals surface area contributed by atoms with Crippen LogP contribution < -0.4 is 10.6 Å². The van der Waals surface area contributed by atoms with Crippen LogP contribution in [0, 0.1) is 12.7 Å². The Hall–Kier alpha value is -3.15. The van der Waals surface area contributed by atoms with Crippen molar-refractivity contribution in [1.29, 1.82) is 0 Å². The van der Waals surface area contributed by atoms with Gasteiger partial charge in [-0.2, -0.15) is 5.10 Å². The van der Waals surface area contributed by atoms with E-state index in [1.807, 2.05) is 38.3 Å². The summed E-state index contributed by atoms with van der Waals surface area (Å²) in [4.78, 5) is 0. The van der Waals surface area contributed by atoms with Gasteiger partial charge in [-0.1, -0.05) is 18.7 Å². The minimum absolute atomic E-state index is 0.418. The molecule has 0 saturated carbocycles. The van der Waals surface area contributed by atoms with Crippen molar-refractivity contribution in [2.45, 2.75) is 27.1 Å². The summed E-state index contributed by atoms with van der Waals surface area (Å²) < 4.78 is 29.2. The Morgan fingerprint density at radius 1 is 1.29 bits per heavy atom. The summed E-state index contributed by atoms with van der Waals surface area (Å²) in [5, 5.41) is 10.1. The van der Waals surface area contributed by atoms with E-state index in [1.54, 1.807) is 24.1 Å². The summed E-state index contributed by atoms with van der Waals surface area (Å²) in [6.07, 6.45) is 9.79. The fourth-order valence-electron chi connectivity index (χ4n) is 2.80. The van der Waals surface area contributed by atoms with E-state index in [-0.39, 0.29) is 0 Å². The van der Waals surface area contributed by atoms with Gasteiger partial charge in [0, 0.05) is 47.5 Å². The molecule has 2 N–H and O–H groups in total. The lowest BCUT2D eigenvalue weighted by Crippen LogP contribution is -2.10. The molecular weight excluding hydrogens is 358 g/mol. The van der Waals surface area contributed by atoms with Crippen molar-refractivity contribution in [2.24, 2.45) is 0 Å². The van der Waals surface area contributed by atoms with Crippen LogP contribution in [0.3, 0.4) is 0 Å². The van der Waals surface area contributed by atoms with E-state index >= 15 is 0 Å². The molecule has 0 radical (unpaired) electrons. The zero-order valence-electron chi connectivity index (χ0n) is 16.6. The maximum Gasteiger partial charge on any atom is 0.167 e. The number of benzene rings is 1. The third kappa shape index (κ3) is 4.97. The van der Waals surface area contributed by atoms with Crippen LogP contribution in [0.2, 0.25) is 0 Å². The molecule has 1 unspecified atom stereocenters. The van der Waals surface area contributed by atoms with E-state index in [9.17, 15) is 8.78 Å². The maximum absolute atomic E-state index is 13.9. The molecule has 1 atom stereocenters. The van der Waals surface area contributed by atoms with Crippen molar-refractivity contribution in [3.05, 3.63) is 78.0 Å². The second-order valence-electron chi connectivity index (χ2n) is 6.23. The lowest BCUT2D eigenvalue weighted by Gasteiger charge is -2.17. The fraction of sp³-hybridized carbons (Fsp3) is 0.227. The lowest BCUT2D eigenvalue weighted by atomic mass is 9.93. The Bertz CT molecular complexity index is 921. The van der Waals surface area contributed by atoms with Gasteiger partial charge in [0.2, 0.25) is 0 Å². The van der Waals surface area contributed by atoms with Gasteiger partial charge in [0.25, 0.3) is 0 Å². The second-order valence-corrected chi connectivity index (χ2v) is 6.23. The SMILES string of the molecule is C=C(/C(=C\NC)c1cnn(/C=C\C=C/C)c1C)c1cc(F)ccc1NC(C)F. The van der Waals surface area contributed by atoms with Crippen molar-refractivity contribution < 1.29 is 8.78 Å². The molecule has 0 spiro atoms. The Labute approximate surface area is 165 Å². The highest BCUT2D eigenvalue weighted by atomic mass is 19.1. The first-order valence-corrected chi connectivity index (χ1v) is 9.00. The molecule has 0 amide bonds. The zero-order valence-corrected chi connectivity index (χ0v) is 16.6. The molecule has 1 heterocycles. The number of rotatable bonds is 8. The highest BCUT2D eigenvalue weighted by Gasteiger charge is 2.18. The summed E-state index contributed by atoms with van der Waals surface area (Å²) in [6, 6.07) is 4.15. The summed E-state index contributed by atoms with van der Waals surface area (Å²) in [7, 11) is 1.77. The molecule has 2 aromatic rings. The molecule has 28 heavy (non-hydrogen) atoms. The molecule has 1 aromatic heterocycles. The van der Waals surface area contributed by atoms with Crippen molar-refractivity contribution in [3.63, 3.8) is 0 Å². The van der Waals surface area contributed by atoms with Crippen molar-refractivity contribution >= 4 is 23.0 Å². The highest BCUT2D eigenvalue weighted by Crippen LogP contribution is 2.35. The van der Waals surface area contributed by atoms with Gasteiger partial charge in [0.1, 0.15) is 5.82 Å². The van der Waals surface area contributed by atoms with Crippen LogP contribution in [0.1, 0.15) is 30.7 Å². The maximum atomic E-state index is 13.9. The number of nitrogens with zero attached hydrogens (tertiary/aromatic N) is 2. The standard InChI is InChI=1S/C22H26F2N4/c1-6-7-8-11-28-16(3)21(14-26-28)20(13-25-5)15(2)19-12-18(24)9-10-22(19)27-17(4)23/h6-14,17,25,27H,2H2,1,3-5H3/b7-6-,11-8-,20-13+. The molecule has 4 nitrogen and oxygen atoms in total. The molecule has 2 rings (SSSR count). The topological polar surface area (TPSA) is 41.9 Å². The zero-order chi connectivity index (χ0) is 20.7. The summed E-state index contributed by atoms with van der Waals surface area (Å²) >= 11 is 0. The van der Waals surface area contributed by atoms with E-state index < -0.39 is 12.1 Å². The predicted octanol–water partition coefficient (Wildman–Crippen LogP) is 5.38. The number of hydrogen-bond donors (Lipinski definition) is 2. The average Bonchev–Trinajstić information content (AvgIpc) is 3.01. The Morgan fingerprint density at radius 2 is 2.04 bits per heavy atom. The molecule has 1 aromatic carbocycles.